The zero-order valence-electron chi connectivity index (χ0n) is 15.0. The highest BCUT2D eigenvalue weighted by atomic mass is 32.2. The molecule has 13 heteroatoms. The van der Waals surface area contributed by atoms with Crippen LogP contribution in [0.2, 0.25) is 0 Å². The number of alkyl halides is 3. The molecule has 2 aliphatic heterocycles. The lowest BCUT2D eigenvalue weighted by Crippen LogP contribution is -2.71. The lowest BCUT2D eigenvalue weighted by atomic mass is 9.85. The fourth-order valence-corrected chi connectivity index (χ4v) is 3.82. The van der Waals surface area contributed by atoms with Crippen molar-refractivity contribution < 1.29 is 45.3 Å². The second-order valence-electron chi connectivity index (χ2n) is 6.58. The number of carboxylic acids is 1. The van der Waals surface area contributed by atoms with E-state index in [0.29, 0.717) is 10.5 Å². The molecular formula is C17H15F3N2O7S. The Morgan fingerprint density at radius 1 is 1.23 bits per heavy atom. The van der Waals surface area contributed by atoms with E-state index in [4.69, 9.17) is 0 Å². The number of carbonyl (C=O) groups excluding carboxylic acids is 2. The summed E-state index contributed by atoms with van der Waals surface area (Å²) in [5.41, 5.74) is -6.06. The number of nitrogens with one attached hydrogen (secondary N) is 1. The van der Waals surface area contributed by atoms with E-state index >= 15 is 0 Å². The van der Waals surface area contributed by atoms with Gasteiger partial charge in [0.25, 0.3) is 5.91 Å². The van der Waals surface area contributed by atoms with Crippen molar-refractivity contribution in [1.82, 2.24) is 10.2 Å². The molecule has 2 atom stereocenters. The summed E-state index contributed by atoms with van der Waals surface area (Å²) in [4.78, 5) is 36.7. The molecule has 2 amide bonds. The van der Waals surface area contributed by atoms with Crippen LogP contribution in [0.1, 0.15) is 18.4 Å². The van der Waals surface area contributed by atoms with E-state index in [1.807, 2.05) is 0 Å². The van der Waals surface area contributed by atoms with Gasteiger partial charge in [0.15, 0.2) is 11.5 Å². The highest BCUT2D eigenvalue weighted by molar-refractivity contribution is 7.87. The van der Waals surface area contributed by atoms with E-state index in [1.165, 1.54) is 0 Å². The van der Waals surface area contributed by atoms with Gasteiger partial charge in [-0.2, -0.15) is 21.6 Å². The fraction of sp³-hybridized carbons (Fsp3) is 0.353. The number of aliphatic carboxylic acids is 1. The van der Waals surface area contributed by atoms with E-state index in [0.717, 1.165) is 0 Å². The molecule has 3 rings (SSSR count). The zero-order chi connectivity index (χ0) is 22.3. The van der Waals surface area contributed by atoms with Gasteiger partial charge < -0.3 is 14.6 Å². The average molecular weight is 448 g/mol. The van der Waals surface area contributed by atoms with E-state index in [-0.39, 0.29) is 12.8 Å². The van der Waals surface area contributed by atoms with Crippen molar-refractivity contribution in [3.05, 3.63) is 47.4 Å². The minimum absolute atomic E-state index is 0.0306. The molecule has 2 heterocycles. The smallest absolute Gasteiger partial charge is 0.476 e. The molecule has 1 aromatic rings. The Morgan fingerprint density at radius 2 is 1.87 bits per heavy atom. The van der Waals surface area contributed by atoms with Gasteiger partial charge in [-0.05, 0) is 12.0 Å². The predicted octanol–water partition coefficient (Wildman–Crippen LogP) is 0.881. The van der Waals surface area contributed by atoms with Crippen LogP contribution < -0.4 is 5.32 Å². The summed E-state index contributed by atoms with van der Waals surface area (Å²) in [5.74, 6) is -4.20. The first-order chi connectivity index (χ1) is 13.9. The number of fused-ring (bicyclic) bond motifs is 1. The van der Waals surface area contributed by atoms with Crippen molar-refractivity contribution in [2.75, 3.05) is 0 Å². The Balaban J connectivity index is 1.76. The molecule has 9 nitrogen and oxygen atoms in total. The molecule has 0 aromatic heterocycles. The Hall–Kier alpha value is -3.09. The Labute approximate surface area is 168 Å². The molecule has 0 bridgehead atoms. The highest BCUT2D eigenvalue weighted by Crippen LogP contribution is 2.39. The van der Waals surface area contributed by atoms with Gasteiger partial charge in [-0.1, -0.05) is 30.3 Å². The first-order valence-corrected chi connectivity index (χ1v) is 9.97. The summed E-state index contributed by atoms with van der Waals surface area (Å²) in [7, 11) is -6.09. The first-order valence-electron chi connectivity index (χ1n) is 8.56. The van der Waals surface area contributed by atoms with Crippen LogP contribution in [0.5, 0.6) is 0 Å². The van der Waals surface area contributed by atoms with E-state index in [9.17, 15) is 41.1 Å². The molecule has 1 saturated heterocycles. The monoisotopic (exact) mass is 448 g/mol. The van der Waals surface area contributed by atoms with Gasteiger partial charge >= 0.3 is 21.6 Å². The van der Waals surface area contributed by atoms with Crippen LogP contribution in [-0.4, -0.2) is 53.8 Å². The van der Waals surface area contributed by atoms with Crippen molar-refractivity contribution in [3.8, 4) is 0 Å². The fourth-order valence-electron chi connectivity index (χ4n) is 3.30. The number of carbonyl (C=O) groups is 3. The number of amides is 2. The normalized spacial score (nSPS) is 21.6. The molecule has 0 saturated carbocycles. The third-order valence-corrected chi connectivity index (χ3v) is 5.60. The van der Waals surface area contributed by atoms with Crippen LogP contribution in [0, 0.1) is 0 Å². The minimum Gasteiger partial charge on any atom is -0.476 e. The maximum Gasteiger partial charge on any atom is 0.534 e. The Bertz CT molecular complexity index is 1020. The summed E-state index contributed by atoms with van der Waals surface area (Å²) < 4.78 is 64.1. The minimum atomic E-state index is -6.09. The highest BCUT2D eigenvalue weighted by Gasteiger charge is 2.56. The van der Waals surface area contributed by atoms with Crippen LogP contribution in [0.3, 0.4) is 0 Å². The van der Waals surface area contributed by atoms with Crippen molar-refractivity contribution in [3.63, 3.8) is 0 Å². The quantitative estimate of drug-likeness (QED) is 0.375. The Morgan fingerprint density at radius 3 is 2.43 bits per heavy atom. The second-order valence-corrected chi connectivity index (χ2v) is 8.12. The number of allylic oxidation sites excluding steroid dienone is 1. The zero-order valence-corrected chi connectivity index (χ0v) is 15.9. The molecule has 2 N–H and O–H groups in total. The van der Waals surface area contributed by atoms with Crippen molar-refractivity contribution >= 4 is 27.9 Å². The number of benzene rings is 1. The summed E-state index contributed by atoms with van der Waals surface area (Å²) in [5, 5.41) is 11.8. The lowest BCUT2D eigenvalue weighted by Gasteiger charge is -2.49. The number of halogens is 3. The molecule has 2 aliphatic rings. The third kappa shape index (κ3) is 3.97. The van der Waals surface area contributed by atoms with Crippen LogP contribution >= 0.6 is 0 Å². The topological polar surface area (TPSA) is 130 Å². The maximum absolute atomic E-state index is 12.6. The molecular weight excluding hydrogens is 433 g/mol. The molecule has 0 radical (unpaired) electrons. The summed E-state index contributed by atoms with van der Waals surface area (Å²) >= 11 is 0. The number of rotatable bonds is 6. The number of β-lactam (4-membered cyclic amide) rings is 1. The summed E-state index contributed by atoms with van der Waals surface area (Å²) in [6.45, 7) is 0. The second kappa shape index (κ2) is 7.63. The van der Waals surface area contributed by atoms with Gasteiger partial charge in [-0.25, -0.2) is 4.79 Å². The molecule has 0 spiro atoms. The van der Waals surface area contributed by atoms with E-state index in [2.05, 4.69) is 9.50 Å². The van der Waals surface area contributed by atoms with Crippen LogP contribution in [-0.2, 0) is 35.1 Å². The first kappa shape index (κ1) is 21.6. The SMILES string of the molecule is O=C(Cc1ccccc1)N[C@@H]1C(=O)N2C(C(=O)O)=C(OS(=O)(=O)C(F)(F)F)CC[C@H]12. The predicted molar refractivity (Wildman–Crippen MR) is 92.7 cm³/mol. The van der Waals surface area contributed by atoms with Gasteiger partial charge in [0.1, 0.15) is 6.04 Å². The maximum atomic E-state index is 12.6. The van der Waals surface area contributed by atoms with Gasteiger partial charge in [0.05, 0.1) is 12.5 Å². The Kier molecular flexibility index (Phi) is 5.50. The van der Waals surface area contributed by atoms with Crippen LogP contribution in [0.15, 0.2) is 41.8 Å². The van der Waals surface area contributed by atoms with E-state index < -0.39 is 63.4 Å². The summed E-state index contributed by atoms with van der Waals surface area (Å²) in [6.07, 6.45) is -0.602. The molecule has 1 fully saturated rings. The van der Waals surface area contributed by atoms with Gasteiger partial charge in [0, 0.05) is 6.42 Å². The van der Waals surface area contributed by atoms with Crippen molar-refractivity contribution in [2.45, 2.75) is 36.9 Å². The van der Waals surface area contributed by atoms with Crippen LogP contribution in [0.4, 0.5) is 13.2 Å². The van der Waals surface area contributed by atoms with Gasteiger partial charge in [0.2, 0.25) is 5.91 Å². The summed E-state index contributed by atoms with van der Waals surface area (Å²) in [6, 6.07) is 6.69. The van der Waals surface area contributed by atoms with E-state index in [1.54, 1.807) is 30.3 Å². The standard InChI is InChI=1S/C17H15F3N2O7S/c18-17(19,20)30(27,28)29-11-7-6-10-13(15(24)22(10)14(11)16(25)26)21-12(23)8-9-4-2-1-3-5-9/h1-5,10,13H,6-8H2,(H,21,23)(H,25,26)/t10-,13+/m1/s1. The number of hydrogen-bond donors (Lipinski definition) is 2. The molecule has 1 aromatic carbocycles. The molecule has 30 heavy (non-hydrogen) atoms. The third-order valence-electron chi connectivity index (χ3n) is 4.61. The average Bonchev–Trinajstić information content (AvgIpc) is 2.65. The van der Waals surface area contributed by atoms with Crippen molar-refractivity contribution in [2.24, 2.45) is 0 Å². The number of hydrogen-bond acceptors (Lipinski definition) is 6. The number of nitrogens with zero attached hydrogens (tertiary/aromatic N) is 1. The van der Waals surface area contributed by atoms with Crippen LogP contribution in [0.25, 0.3) is 0 Å². The molecule has 162 valence electrons. The molecule has 0 unspecified atom stereocenters. The lowest BCUT2D eigenvalue weighted by molar-refractivity contribution is -0.156. The largest absolute Gasteiger partial charge is 0.534 e. The van der Waals surface area contributed by atoms with Gasteiger partial charge in [-0.15, -0.1) is 0 Å². The van der Waals surface area contributed by atoms with Crippen molar-refractivity contribution in [1.29, 1.82) is 0 Å². The molecule has 0 aliphatic carbocycles. The van der Waals surface area contributed by atoms with Gasteiger partial charge in [-0.3, -0.25) is 14.5 Å². The number of carboxylic acid groups (broad SMARTS) is 1.